The van der Waals surface area contributed by atoms with Gasteiger partial charge in [0.1, 0.15) is 6.04 Å². The maximum absolute atomic E-state index is 12.7. The van der Waals surface area contributed by atoms with Crippen LogP contribution in [0.1, 0.15) is 39.0 Å². The standard InChI is InChI=1S/C14H25N3O2/c1-9-8-10(15)5-6-11(9)14(19)17-7-3-4-12(17)13(18)16-2/h9-12H,3-8,15H2,1-2H3,(H,16,18). The Hall–Kier alpha value is -1.10. The highest BCUT2D eigenvalue weighted by Gasteiger charge is 2.39. The van der Waals surface area contributed by atoms with E-state index in [2.05, 4.69) is 12.2 Å². The summed E-state index contributed by atoms with van der Waals surface area (Å²) in [6, 6.07) is -0.0346. The van der Waals surface area contributed by atoms with Crippen molar-refractivity contribution in [1.29, 1.82) is 0 Å². The third-order valence-corrected chi connectivity index (χ3v) is 4.61. The second-order valence-electron chi connectivity index (χ2n) is 5.96. The van der Waals surface area contributed by atoms with Crippen LogP contribution in [-0.2, 0) is 9.59 Å². The fraction of sp³-hybridized carbons (Fsp3) is 0.857. The van der Waals surface area contributed by atoms with Gasteiger partial charge < -0.3 is 16.0 Å². The molecule has 2 rings (SSSR count). The minimum atomic E-state index is -0.264. The zero-order chi connectivity index (χ0) is 14.0. The average molecular weight is 267 g/mol. The lowest BCUT2D eigenvalue weighted by molar-refractivity contribution is -0.143. The lowest BCUT2D eigenvalue weighted by atomic mass is 9.77. The summed E-state index contributed by atoms with van der Waals surface area (Å²) < 4.78 is 0. The van der Waals surface area contributed by atoms with E-state index in [4.69, 9.17) is 5.73 Å². The molecule has 1 saturated heterocycles. The molecule has 0 spiro atoms. The number of nitrogens with one attached hydrogen (secondary N) is 1. The average Bonchev–Trinajstić information content (AvgIpc) is 2.86. The molecule has 1 aliphatic carbocycles. The molecule has 0 aromatic rings. The van der Waals surface area contributed by atoms with Gasteiger partial charge in [-0.2, -0.15) is 0 Å². The van der Waals surface area contributed by atoms with E-state index in [0.717, 1.165) is 32.1 Å². The largest absolute Gasteiger partial charge is 0.357 e. The van der Waals surface area contributed by atoms with Crippen molar-refractivity contribution in [2.24, 2.45) is 17.6 Å². The molecule has 2 aliphatic rings. The van der Waals surface area contributed by atoms with Gasteiger partial charge in [0.15, 0.2) is 0 Å². The Bertz CT molecular complexity index is 359. The molecule has 4 unspecified atom stereocenters. The fourth-order valence-corrected chi connectivity index (χ4v) is 3.49. The number of hydrogen-bond acceptors (Lipinski definition) is 3. The topological polar surface area (TPSA) is 75.4 Å². The molecular formula is C14H25N3O2. The molecule has 4 atom stereocenters. The van der Waals surface area contributed by atoms with Crippen LogP contribution in [-0.4, -0.2) is 42.4 Å². The second-order valence-corrected chi connectivity index (χ2v) is 5.96. The van der Waals surface area contributed by atoms with Crippen molar-refractivity contribution in [2.75, 3.05) is 13.6 Å². The summed E-state index contributed by atoms with van der Waals surface area (Å²) in [7, 11) is 1.63. The first-order chi connectivity index (χ1) is 9.04. The van der Waals surface area contributed by atoms with Gasteiger partial charge in [0, 0.05) is 25.6 Å². The third-order valence-electron chi connectivity index (χ3n) is 4.61. The minimum Gasteiger partial charge on any atom is -0.357 e. The lowest BCUT2D eigenvalue weighted by Crippen LogP contribution is -2.49. The summed E-state index contributed by atoms with van der Waals surface area (Å²) in [6.45, 7) is 2.82. The van der Waals surface area contributed by atoms with E-state index < -0.39 is 0 Å². The van der Waals surface area contributed by atoms with E-state index in [1.807, 2.05) is 0 Å². The molecule has 1 saturated carbocycles. The summed E-state index contributed by atoms with van der Waals surface area (Å²) in [4.78, 5) is 26.3. The molecule has 2 amide bonds. The van der Waals surface area contributed by atoms with Gasteiger partial charge in [-0.25, -0.2) is 0 Å². The Kier molecular flexibility index (Phi) is 4.45. The van der Waals surface area contributed by atoms with E-state index in [9.17, 15) is 9.59 Å². The van der Waals surface area contributed by atoms with Crippen LogP contribution in [0.5, 0.6) is 0 Å². The molecule has 1 aliphatic heterocycles. The van der Waals surface area contributed by atoms with Crippen molar-refractivity contribution in [3.63, 3.8) is 0 Å². The number of rotatable bonds is 2. The predicted octanol–water partition coefficient (Wildman–Crippen LogP) is 0.487. The predicted molar refractivity (Wildman–Crippen MR) is 73.3 cm³/mol. The molecule has 0 aromatic heterocycles. The number of amides is 2. The monoisotopic (exact) mass is 267 g/mol. The molecule has 0 aromatic carbocycles. The van der Waals surface area contributed by atoms with Crippen molar-refractivity contribution in [1.82, 2.24) is 10.2 Å². The number of nitrogens with zero attached hydrogens (tertiary/aromatic N) is 1. The van der Waals surface area contributed by atoms with E-state index in [1.165, 1.54) is 0 Å². The van der Waals surface area contributed by atoms with Gasteiger partial charge in [-0.3, -0.25) is 9.59 Å². The lowest BCUT2D eigenvalue weighted by Gasteiger charge is -2.35. The summed E-state index contributed by atoms with van der Waals surface area (Å²) in [5.74, 6) is 0.490. The highest BCUT2D eigenvalue weighted by atomic mass is 16.2. The number of carbonyl (C=O) groups is 2. The SMILES string of the molecule is CNC(=O)C1CCCN1C(=O)C1CCC(N)CC1C. The Morgan fingerprint density at radius 1 is 1.26 bits per heavy atom. The van der Waals surface area contributed by atoms with Crippen LogP contribution in [0.15, 0.2) is 0 Å². The quantitative estimate of drug-likeness (QED) is 0.764. The molecule has 0 radical (unpaired) electrons. The van der Waals surface area contributed by atoms with Gasteiger partial charge >= 0.3 is 0 Å². The summed E-state index contributed by atoms with van der Waals surface area (Å²) >= 11 is 0. The smallest absolute Gasteiger partial charge is 0.242 e. The molecule has 1 heterocycles. The van der Waals surface area contributed by atoms with E-state index in [1.54, 1.807) is 11.9 Å². The number of likely N-dealkylation sites (N-methyl/N-ethyl adjacent to an activating group) is 1. The normalized spacial score (nSPS) is 35.2. The first-order valence-corrected chi connectivity index (χ1v) is 7.32. The van der Waals surface area contributed by atoms with Crippen molar-refractivity contribution in [2.45, 2.75) is 51.1 Å². The van der Waals surface area contributed by atoms with Gasteiger partial charge in [-0.05, 0) is 38.0 Å². The van der Waals surface area contributed by atoms with Crippen LogP contribution in [0, 0.1) is 11.8 Å². The van der Waals surface area contributed by atoms with Crippen molar-refractivity contribution in [3.05, 3.63) is 0 Å². The number of hydrogen-bond donors (Lipinski definition) is 2. The minimum absolute atomic E-state index is 0.0361. The van der Waals surface area contributed by atoms with Gasteiger partial charge in [-0.1, -0.05) is 6.92 Å². The molecule has 5 heteroatoms. The Balaban J connectivity index is 2.04. The summed E-state index contributed by atoms with van der Waals surface area (Å²) in [5, 5.41) is 2.66. The highest BCUT2D eigenvalue weighted by molar-refractivity contribution is 5.89. The number of likely N-dealkylation sites (tertiary alicyclic amines) is 1. The van der Waals surface area contributed by atoms with Gasteiger partial charge in [-0.15, -0.1) is 0 Å². The molecule has 3 N–H and O–H groups in total. The van der Waals surface area contributed by atoms with Gasteiger partial charge in [0.2, 0.25) is 11.8 Å². The molecule has 5 nitrogen and oxygen atoms in total. The maximum atomic E-state index is 12.7. The second kappa shape index (κ2) is 5.90. The van der Waals surface area contributed by atoms with Crippen LogP contribution in [0.25, 0.3) is 0 Å². The first kappa shape index (κ1) is 14.3. The van der Waals surface area contributed by atoms with Crippen molar-refractivity contribution in [3.8, 4) is 0 Å². The van der Waals surface area contributed by atoms with Gasteiger partial charge in [0.05, 0.1) is 0 Å². The summed E-state index contributed by atoms with van der Waals surface area (Å²) in [6.07, 6.45) is 4.39. The molecule has 19 heavy (non-hydrogen) atoms. The van der Waals surface area contributed by atoms with Crippen LogP contribution in [0.3, 0.4) is 0 Å². The van der Waals surface area contributed by atoms with Crippen LogP contribution < -0.4 is 11.1 Å². The molecular weight excluding hydrogens is 242 g/mol. The molecule has 0 bridgehead atoms. The number of carbonyl (C=O) groups excluding carboxylic acids is 2. The van der Waals surface area contributed by atoms with E-state index >= 15 is 0 Å². The van der Waals surface area contributed by atoms with Gasteiger partial charge in [0.25, 0.3) is 0 Å². The first-order valence-electron chi connectivity index (χ1n) is 7.32. The number of nitrogens with two attached hydrogens (primary N) is 1. The maximum Gasteiger partial charge on any atom is 0.242 e. The fourth-order valence-electron chi connectivity index (χ4n) is 3.49. The Morgan fingerprint density at radius 3 is 2.63 bits per heavy atom. The van der Waals surface area contributed by atoms with Crippen molar-refractivity contribution < 1.29 is 9.59 Å². The third kappa shape index (κ3) is 2.91. The van der Waals surface area contributed by atoms with Crippen LogP contribution >= 0.6 is 0 Å². The summed E-state index contributed by atoms with van der Waals surface area (Å²) in [5.41, 5.74) is 5.95. The van der Waals surface area contributed by atoms with E-state index in [-0.39, 0.29) is 29.8 Å². The molecule has 2 fully saturated rings. The van der Waals surface area contributed by atoms with Crippen LogP contribution in [0.2, 0.25) is 0 Å². The molecule has 108 valence electrons. The zero-order valence-corrected chi connectivity index (χ0v) is 11.9. The Morgan fingerprint density at radius 2 is 2.00 bits per heavy atom. The Labute approximate surface area is 114 Å². The van der Waals surface area contributed by atoms with Crippen LogP contribution in [0.4, 0.5) is 0 Å². The zero-order valence-electron chi connectivity index (χ0n) is 11.9. The highest BCUT2D eigenvalue weighted by Crippen LogP contribution is 2.32. The van der Waals surface area contributed by atoms with Crippen molar-refractivity contribution >= 4 is 11.8 Å². The van der Waals surface area contributed by atoms with E-state index in [0.29, 0.717) is 12.5 Å².